The summed E-state index contributed by atoms with van der Waals surface area (Å²) < 4.78 is 11.6. The zero-order valence-corrected chi connectivity index (χ0v) is 18.4. The van der Waals surface area contributed by atoms with Crippen molar-refractivity contribution in [1.82, 2.24) is 10.2 Å². The van der Waals surface area contributed by atoms with E-state index in [4.69, 9.17) is 9.15 Å². The van der Waals surface area contributed by atoms with Crippen LogP contribution in [0.5, 0.6) is 5.75 Å². The Bertz CT molecular complexity index is 875. The molecule has 4 saturated carbocycles. The van der Waals surface area contributed by atoms with Gasteiger partial charge in [0.15, 0.2) is 0 Å². The molecule has 4 aliphatic rings. The van der Waals surface area contributed by atoms with Gasteiger partial charge in [-0.3, -0.25) is 4.79 Å². The number of amides is 1. The van der Waals surface area contributed by atoms with E-state index in [-0.39, 0.29) is 16.6 Å². The van der Waals surface area contributed by atoms with Gasteiger partial charge in [-0.15, -0.1) is 10.2 Å². The summed E-state index contributed by atoms with van der Waals surface area (Å²) in [5.74, 6) is 4.01. The fourth-order valence-electron chi connectivity index (χ4n) is 6.09. The van der Waals surface area contributed by atoms with E-state index < -0.39 is 0 Å². The molecule has 1 aromatic carbocycles. The molecule has 0 unspecified atom stereocenters. The lowest BCUT2D eigenvalue weighted by atomic mass is 9.49. The van der Waals surface area contributed by atoms with E-state index in [1.807, 2.05) is 38.1 Å². The number of carbonyl (C=O) groups is 1. The summed E-state index contributed by atoms with van der Waals surface area (Å²) >= 11 is 1.33. The van der Waals surface area contributed by atoms with Crippen molar-refractivity contribution in [3.8, 4) is 5.75 Å². The van der Waals surface area contributed by atoms with Crippen LogP contribution in [0.4, 0.5) is 5.69 Å². The summed E-state index contributed by atoms with van der Waals surface area (Å²) in [4.78, 5) is 12.6. The maximum Gasteiger partial charge on any atom is 0.277 e. The van der Waals surface area contributed by atoms with Crippen LogP contribution in [0.2, 0.25) is 0 Å². The molecule has 0 spiro atoms. The minimum Gasteiger partial charge on any atom is -0.494 e. The molecule has 6 nitrogen and oxygen atoms in total. The number of carbonyl (C=O) groups excluding carboxylic acids is 1. The number of hydrogen-bond donors (Lipinski definition) is 1. The van der Waals surface area contributed by atoms with Gasteiger partial charge in [-0.1, -0.05) is 11.8 Å². The first-order valence-electron chi connectivity index (χ1n) is 11.1. The molecule has 4 fully saturated rings. The van der Waals surface area contributed by atoms with Crippen molar-refractivity contribution in [2.24, 2.45) is 17.8 Å². The van der Waals surface area contributed by atoms with Crippen molar-refractivity contribution in [3.05, 3.63) is 30.2 Å². The van der Waals surface area contributed by atoms with Gasteiger partial charge in [0.25, 0.3) is 5.22 Å². The standard InChI is InChI=1S/C23H29N3O3S/c1-3-28-19-6-4-18(5-7-19)24-20(27)14(2)30-22-26-25-21(29-22)23-11-15-8-16(12-23)10-17(9-15)13-23/h4-7,14-17H,3,8-13H2,1-2H3,(H,24,27)/t14-,15?,16?,17?,23?/m1/s1. The SMILES string of the molecule is CCOc1ccc(NC(=O)[C@@H](C)Sc2nnc(C34CC5CC(CC(C5)C3)C4)o2)cc1. The van der Waals surface area contributed by atoms with E-state index in [2.05, 4.69) is 15.5 Å². The predicted molar refractivity (Wildman–Crippen MR) is 116 cm³/mol. The Labute approximate surface area is 181 Å². The van der Waals surface area contributed by atoms with E-state index in [1.54, 1.807) is 0 Å². The molecule has 6 rings (SSSR count). The van der Waals surface area contributed by atoms with Gasteiger partial charge >= 0.3 is 0 Å². The molecular formula is C23H29N3O3S. The Kier molecular flexibility index (Phi) is 5.25. The summed E-state index contributed by atoms with van der Waals surface area (Å²) in [6.07, 6.45) is 7.74. The number of nitrogens with one attached hydrogen (secondary N) is 1. The third-order valence-corrected chi connectivity index (χ3v) is 7.91. The monoisotopic (exact) mass is 427 g/mol. The van der Waals surface area contributed by atoms with Crippen molar-refractivity contribution >= 4 is 23.4 Å². The fourth-order valence-corrected chi connectivity index (χ4v) is 6.78. The summed E-state index contributed by atoms with van der Waals surface area (Å²) in [5.41, 5.74) is 0.838. The number of aromatic nitrogens is 2. The van der Waals surface area contributed by atoms with Crippen LogP contribution in [0.25, 0.3) is 0 Å². The zero-order valence-electron chi connectivity index (χ0n) is 17.6. The maximum absolute atomic E-state index is 12.6. The van der Waals surface area contributed by atoms with E-state index in [9.17, 15) is 4.79 Å². The number of anilines is 1. The average Bonchev–Trinajstić information content (AvgIpc) is 3.18. The van der Waals surface area contributed by atoms with Crippen molar-refractivity contribution < 1.29 is 13.9 Å². The first-order valence-corrected chi connectivity index (χ1v) is 12.0. The summed E-state index contributed by atoms with van der Waals surface area (Å²) in [6.45, 7) is 4.43. The molecule has 160 valence electrons. The molecule has 7 heteroatoms. The number of hydrogen-bond acceptors (Lipinski definition) is 6. The van der Waals surface area contributed by atoms with Crippen LogP contribution in [0.15, 0.2) is 33.9 Å². The smallest absolute Gasteiger partial charge is 0.277 e. The molecule has 4 aliphatic carbocycles. The van der Waals surface area contributed by atoms with Gasteiger partial charge in [-0.2, -0.15) is 0 Å². The van der Waals surface area contributed by atoms with Gasteiger partial charge < -0.3 is 14.5 Å². The average molecular weight is 428 g/mol. The number of benzene rings is 1. The number of ether oxygens (including phenoxy) is 1. The summed E-state index contributed by atoms with van der Waals surface area (Å²) in [7, 11) is 0. The van der Waals surface area contributed by atoms with Gasteiger partial charge in [0.05, 0.1) is 11.9 Å². The molecular weight excluding hydrogens is 398 g/mol. The van der Waals surface area contributed by atoms with Gasteiger partial charge in [-0.05, 0) is 94.4 Å². The van der Waals surface area contributed by atoms with Gasteiger partial charge in [0.2, 0.25) is 11.8 Å². The van der Waals surface area contributed by atoms with Gasteiger partial charge in [-0.25, -0.2) is 0 Å². The molecule has 1 aromatic heterocycles. The predicted octanol–water partition coefficient (Wildman–Crippen LogP) is 5.06. The van der Waals surface area contributed by atoms with Crippen LogP contribution >= 0.6 is 11.8 Å². The molecule has 1 heterocycles. The zero-order chi connectivity index (χ0) is 20.7. The quantitative estimate of drug-likeness (QED) is 0.623. The van der Waals surface area contributed by atoms with E-state index >= 15 is 0 Å². The molecule has 2 aromatic rings. The highest BCUT2D eigenvalue weighted by molar-refractivity contribution is 8.00. The van der Waals surface area contributed by atoms with E-state index in [1.165, 1.54) is 50.3 Å². The number of rotatable bonds is 7. The van der Waals surface area contributed by atoms with E-state index in [0.717, 1.165) is 35.1 Å². The van der Waals surface area contributed by atoms with Crippen LogP contribution in [0.1, 0.15) is 58.3 Å². The highest BCUT2D eigenvalue weighted by atomic mass is 32.2. The second kappa shape index (κ2) is 7.91. The highest BCUT2D eigenvalue weighted by Crippen LogP contribution is 2.60. The van der Waals surface area contributed by atoms with Crippen LogP contribution in [-0.2, 0) is 10.2 Å². The lowest BCUT2D eigenvalue weighted by molar-refractivity contribution is -0.115. The van der Waals surface area contributed by atoms with Crippen LogP contribution in [0, 0.1) is 17.8 Å². The van der Waals surface area contributed by atoms with Crippen LogP contribution in [-0.4, -0.2) is 28.0 Å². The molecule has 0 aliphatic heterocycles. The van der Waals surface area contributed by atoms with Crippen LogP contribution < -0.4 is 10.1 Å². The molecule has 30 heavy (non-hydrogen) atoms. The first kappa shape index (κ1) is 19.9. The first-order chi connectivity index (χ1) is 14.5. The Morgan fingerprint density at radius 2 is 1.80 bits per heavy atom. The maximum atomic E-state index is 12.6. The molecule has 1 amide bonds. The van der Waals surface area contributed by atoms with Gasteiger partial charge in [0.1, 0.15) is 5.75 Å². The Hall–Kier alpha value is -2.02. The summed E-state index contributed by atoms with van der Waals surface area (Å²) in [6, 6.07) is 7.40. The number of thioether (sulfide) groups is 1. The highest BCUT2D eigenvalue weighted by Gasteiger charge is 2.54. The second-order valence-electron chi connectivity index (χ2n) is 9.28. The molecule has 1 N–H and O–H groups in total. The van der Waals surface area contributed by atoms with Gasteiger partial charge in [0, 0.05) is 11.1 Å². The largest absolute Gasteiger partial charge is 0.494 e. The Balaban J connectivity index is 1.21. The Morgan fingerprint density at radius 3 is 2.40 bits per heavy atom. The minimum absolute atomic E-state index is 0.0845. The lowest BCUT2D eigenvalue weighted by Gasteiger charge is -2.55. The normalized spacial score (nSPS) is 30.3. The van der Waals surface area contributed by atoms with Crippen molar-refractivity contribution in [2.45, 2.75) is 68.3 Å². The van der Waals surface area contributed by atoms with Crippen molar-refractivity contribution in [2.75, 3.05) is 11.9 Å². The molecule has 1 atom stereocenters. The molecule has 0 radical (unpaired) electrons. The topological polar surface area (TPSA) is 77.2 Å². The van der Waals surface area contributed by atoms with E-state index in [0.29, 0.717) is 11.8 Å². The number of nitrogens with zero attached hydrogens (tertiary/aromatic N) is 2. The third kappa shape index (κ3) is 3.84. The second-order valence-corrected chi connectivity index (χ2v) is 10.6. The Morgan fingerprint density at radius 1 is 1.17 bits per heavy atom. The summed E-state index contributed by atoms with van der Waals surface area (Å²) in [5, 5.41) is 11.8. The molecule has 0 saturated heterocycles. The lowest BCUT2D eigenvalue weighted by Crippen LogP contribution is -2.48. The van der Waals surface area contributed by atoms with Crippen molar-refractivity contribution in [1.29, 1.82) is 0 Å². The third-order valence-electron chi connectivity index (χ3n) is 6.98. The van der Waals surface area contributed by atoms with Crippen LogP contribution in [0.3, 0.4) is 0 Å². The van der Waals surface area contributed by atoms with Crippen molar-refractivity contribution in [3.63, 3.8) is 0 Å². The minimum atomic E-state index is -0.332. The fraction of sp³-hybridized carbons (Fsp3) is 0.609. The molecule has 4 bridgehead atoms.